The zero-order chi connectivity index (χ0) is 12.3. The predicted molar refractivity (Wildman–Crippen MR) is 68.1 cm³/mol. The molecule has 0 atom stereocenters. The minimum absolute atomic E-state index is 0.0832. The van der Waals surface area contributed by atoms with Gasteiger partial charge in [0.05, 0.1) is 16.7 Å². The third-order valence-corrected chi connectivity index (χ3v) is 3.26. The highest BCUT2D eigenvalue weighted by Crippen LogP contribution is 2.27. The molecule has 17 heavy (non-hydrogen) atoms. The van der Waals surface area contributed by atoms with Gasteiger partial charge in [0.25, 0.3) is 0 Å². The number of benzene rings is 1. The van der Waals surface area contributed by atoms with Gasteiger partial charge in [0.15, 0.2) is 5.78 Å². The van der Waals surface area contributed by atoms with Crippen molar-refractivity contribution in [3.05, 3.63) is 58.1 Å². The van der Waals surface area contributed by atoms with E-state index in [0.29, 0.717) is 11.1 Å². The maximum Gasteiger partial charge on any atom is 0.188 e. The van der Waals surface area contributed by atoms with Crippen molar-refractivity contribution in [1.82, 2.24) is 4.90 Å². The van der Waals surface area contributed by atoms with Crippen LogP contribution in [0.3, 0.4) is 0 Å². The number of carbonyl (C=O) groups excluding carboxylic acids is 1. The molecule has 1 aliphatic rings. The van der Waals surface area contributed by atoms with Crippen molar-refractivity contribution in [1.29, 1.82) is 5.26 Å². The monoisotopic (exact) mass is 242 g/mol. The molecule has 0 aromatic heterocycles. The van der Waals surface area contributed by atoms with E-state index in [1.54, 1.807) is 30.3 Å². The van der Waals surface area contributed by atoms with Gasteiger partial charge in [-0.3, -0.25) is 4.79 Å². The molecule has 0 fully saturated rings. The van der Waals surface area contributed by atoms with Crippen molar-refractivity contribution in [3.63, 3.8) is 0 Å². The Morgan fingerprint density at radius 1 is 1.53 bits per heavy atom. The summed E-state index contributed by atoms with van der Waals surface area (Å²) in [6, 6.07) is 8.74. The van der Waals surface area contributed by atoms with Crippen LogP contribution in [-0.4, -0.2) is 17.7 Å². The summed E-state index contributed by atoms with van der Waals surface area (Å²) >= 11 is 1.50. The number of thioether (sulfide) groups is 1. The quantitative estimate of drug-likeness (QED) is 0.591. The minimum Gasteiger partial charge on any atom is -0.345 e. The highest BCUT2D eigenvalue weighted by Gasteiger charge is 2.11. The van der Waals surface area contributed by atoms with Crippen molar-refractivity contribution in [2.75, 3.05) is 7.05 Å². The van der Waals surface area contributed by atoms with Gasteiger partial charge in [-0.05, 0) is 17.5 Å². The van der Waals surface area contributed by atoms with E-state index >= 15 is 0 Å². The van der Waals surface area contributed by atoms with Gasteiger partial charge >= 0.3 is 0 Å². The molecule has 1 aliphatic heterocycles. The molecule has 0 saturated heterocycles. The largest absolute Gasteiger partial charge is 0.345 e. The molecule has 0 N–H and O–H groups in total. The van der Waals surface area contributed by atoms with Crippen LogP contribution >= 0.6 is 11.8 Å². The van der Waals surface area contributed by atoms with Crippen molar-refractivity contribution >= 4 is 17.5 Å². The Hall–Kier alpha value is -1.99. The molecule has 0 spiro atoms. The summed E-state index contributed by atoms with van der Waals surface area (Å²) in [7, 11) is 1.89. The maximum atomic E-state index is 12.0. The Labute approximate surface area is 104 Å². The van der Waals surface area contributed by atoms with Gasteiger partial charge in [-0.15, -0.1) is 0 Å². The van der Waals surface area contributed by atoms with Gasteiger partial charge in [-0.25, -0.2) is 0 Å². The summed E-state index contributed by atoms with van der Waals surface area (Å²) in [4.78, 5) is 13.8. The van der Waals surface area contributed by atoms with Crippen molar-refractivity contribution in [2.24, 2.45) is 0 Å². The number of nitrogens with zero attached hydrogens (tertiary/aromatic N) is 2. The first kappa shape index (κ1) is 11.5. The van der Waals surface area contributed by atoms with E-state index in [1.807, 2.05) is 29.6 Å². The average Bonchev–Trinajstić information content (AvgIpc) is 2.75. The summed E-state index contributed by atoms with van der Waals surface area (Å²) < 4.78 is 0. The molecule has 1 aromatic carbocycles. The van der Waals surface area contributed by atoms with Gasteiger partial charge in [0.1, 0.15) is 0 Å². The van der Waals surface area contributed by atoms with Crippen LogP contribution < -0.4 is 0 Å². The predicted octanol–water partition coefficient (Wildman–Crippen LogP) is 2.73. The van der Waals surface area contributed by atoms with Gasteiger partial charge in [0, 0.05) is 24.9 Å². The molecule has 0 unspecified atom stereocenters. The van der Waals surface area contributed by atoms with Crippen LogP contribution in [0.25, 0.3) is 0 Å². The number of hydrogen-bond acceptors (Lipinski definition) is 4. The van der Waals surface area contributed by atoms with E-state index in [9.17, 15) is 4.79 Å². The molecule has 2 rings (SSSR count). The first-order valence-electron chi connectivity index (χ1n) is 5.03. The van der Waals surface area contributed by atoms with E-state index in [-0.39, 0.29) is 5.78 Å². The highest BCUT2D eigenvalue weighted by molar-refractivity contribution is 8.06. The van der Waals surface area contributed by atoms with E-state index in [2.05, 4.69) is 0 Å². The second-order valence-electron chi connectivity index (χ2n) is 3.55. The van der Waals surface area contributed by atoms with E-state index in [1.165, 1.54) is 11.8 Å². The zero-order valence-corrected chi connectivity index (χ0v) is 10.1. The number of hydrogen-bond donors (Lipinski definition) is 0. The first-order valence-corrected chi connectivity index (χ1v) is 5.91. The second-order valence-corrected chi connectivity index (χ2v) is 4.48. The third kappa shape index (κ3) is 2.58. The number of allylic oxidation sites excluding steroid dienone is 1. The van der Waals surface area contributed by atoms with Crippen molar-refractivity contribution in [3.8, 4) is 6.07 Å². The molecule has 1 heterocycles. The summed E-state index contributed by atoms with van der Waals surface area (Å²) in [5.41, 5.74) is 1.04. The lowest BCUT2D eigenvalue weighted by molar-refractivity contribution is 0.104. The summed E-state index contributed by atoms with van der Waals surface area (Å²) in [6.45, 7) is 0. The molecule has 0 amide bonds. The van der Waals surface area contributed by atoms with Gasteiger partial charge in [0.2, 0.25) is 0 Å². The van der Waals surface area contributed by atoms with Crippen molar-refractivity contribution < 1.29 is 4.79 Å². The van der Waals surface area contributed by atoms with E-state index in [4.69, 9.17) is 5.26 Å². The molecular weight excluding hydrogens is 232 g/mol. The van der Waals surface area contributed by atoms with E-state index < -0.39 is 0 Å². The van der Waals surface area contributed by atoms with Crippen LogP contribution in [0.4, 0.5) is 0 Å². The van der Waals surface area contributed by atoms with Gasteiger partial charge < -0.3 is 4.90 Å². The third-order valence-electron chi connectivity index (χ3n) is 2.35. The maximum absolute atomic E-state index is 12.0. The summed E-state index contributed by atoms with van der Waals surface area (Å²) in [5, 5.41) is 11.6. The SMILES string of the molecule is CN1C=CS/C1=C\C(=O)c1cccc(C#N)c1. The van der Waals surface area contributed by atoms with Crippen LogP contribution in [0.15, 0.2) is 47.0 Å². The Bertz CT molecular complexity index is 555. The van der Waals surface area contributed by atoms with Gasteiger partial charge in [-0.1, -0.05) is 23.9 Å². The Balaban J connectivity index is 2.23. The Kier molecular flexibility index (Phi) is 3.31. The number of carbonyl (C=O) groups is 1. The fraction of sp³-hybridized carbons (Fsp3) is 0.0769. The van der Waals surface area contributed by atoms with Crippen molar-refractivity contribution in [2.45, 2.75) is 0 Å². The van der Waals surface area contributed by atoms with Crippen LogP contribution in [0, 0.1) is 11.3 Å². The Morgan fingerprint density at radius 3 is 3.00 bits per heavy atom. The fourth-order valence-electron chi connectivity index (χ4n) is 1.42. The zero-order valence-electron chi connectivity index (χ0n) is 9.25. The average molecular weight is 242 g/mol. The van der Waals surface area contributed by atoms with Crippen LogP contribution in [-0.2, 0) is 0 Å². The van der Waals surface area contributed by atoms with Crippen LogP contribution in [0.2, 0.25) is 0 Å². The number of rotatable bonds is 2. The van der Waals surface area contributed by atoms with Crippen LogP contribution in [0.5, 0.6) is 0 Å². The molecular formula is C13H10N2OS. The minimum atomic E-state index is -0.0832. The molecule has 1 aromatic rings. The smallest absolute Gasteiger partial charge is 0.188 e. The first-order chi connectivity index (χ1) is 8.20. The standard InChI is InChI=1S/C13H10N2OS/c1-15-5-6-17-13(15)8-12(16)11-4-2-3-10(7-11)9-14/h2-8H,1H3/b13-8-. The summed E-state index contributed by atoms with van der Waals surface area (Å²) in [6.07, 6.45) is 3.48. The van der Waals surface area contributed by atoms with Gasteiger partial charge in [-0.2, -0.15) is 5.26 Å². The molecule has 0 aliphatic carbocycles. The highest BCUT2D eigenvalue weighted by atomic mass is 32.2. The molecule has 0 bridgehead atoms. The van der Waals surface area contributed by atoms with Crippen LogP contribution in [0.1, 0.15) is 15.9 Å². The summed E-state index contributed by atoms with van der Waals surface area (Å²) in [5.74, 6) is -0.0832. The molecule has 0 radical (unpaired) electrons. The molecule has 4 heteroatoms. The molecule has 3 nitrogen and oxygen atoms in total. The normalized spacial score (nSPS) is 16.2. The van der Waals surface area contributed by atoms with E-state index in [0.717, 1.165) is 5.03 Å². The lowest BCUT2D eigenvalue weighted by Gasteiger charge is -2.09. The Morgan fingerprint density at radius 2 is 2.35 bits per heavy atom. The number of nitriles is 1. The lowest BCUT2D eigenvalue weighted by atomic mass is 10.1. The second kappa shape index (κ2) is 4.89. The fourth-order valence-corrected chi connectivity index (χ4v) is 2.21. The topological polar surface area (TPSA) is 44.1 Å². The molecule has 0 saturated carbocycles. The molecule has 84 valence electrons. The number of ketones is 1. The lowest BCUT2D eigenvalue weighted by Crippen LogP contribution is -2.05.